The zero-order valence-corrected chi connectivity index (χ0v) is 12.6. The molecule has 110 valence electrons. The van der Waals surface area contributed by atoms with E-state index in [9.17, 15) is 0 Å². The first-order valence-electron chi connectivity index (χ1n) is 6.84. The molecule has 0 bridgehead atoms. The number of ether oxygens (including phenoxy) is 2. The Labute approximate surface area is 129 Å². The largest absolute Gasteiger partial charge is 0.490 e. The molecular formula is C16H17ClN2O2. The van der Waals surface area contributed by atoms with Gasteiger partial charge in [0.25, 0.3) is 0 Å². The summed E-state index contributed by atoms with van der Waals surface area (Å²) < 4.78 is 11.0. The molecule has 0 amide bonds. The van der Waals surface area contributed by atoms with Crippen molar-refractivity contribution in [1.82, 2.24) is 4.90 Å². The van der Waals surface area contributed by atoms with Gasteiger partial charge in [0.05, 0.1) is 5.70 Å². The predicted molar refractivity (Wildman–Crippen MR) is 84.6 cm³/mol. The van der Waals surface area contributed by atoms with Crippen molar-refractivity contribution in [2.24, 2.45) is 4.99 Å². The highest BCUT2D eigenvalue weighted by Gasteiger charge is 2.30. The number of fused-ring (bicyclic) bond motifs is 3. The van der Waals surface area contributed by atoms with Crippen LogP contribution in [0.25, 0.3) is 5.70 Å². The van der Waals surface area contributed by atoms with Crippen molar-refractivity contribution >= 4 is 22.5 Å². The number of methoxy groups -OCH3 is 1. The van der Waals surface area contributed by atoms with E-state index in [0.29, 0.717) is 11.8 Å². The zero-order valence-electron chi connectivity index (χ0n) is 11.9. The second kappa shape index (κ2) is 5.92. The second-order valence-corrected chi connectivity index (χ2v) is 5.29. The SMILES string of the molecule is C=CCOc1ccc2c(c1)CCN1C2=CC(Cl)=NC1OC. The van der Waals surface area contributed by atoms with Crippen molar-refractivity contribution in [1.29, 1.82) is 0 Å². The van der Waals surface area contributed by atoms with Crippen LogP contribution in [-0.2, 0) is 11.2 Å². The Morgan fingerprint density at radius 2 is 2.38 bits per heavy atom. The van der Waals surface area contributed by atoms with Crippen LogP contribution in [0, 0.1) is 0 Å². The number of hydrogen-bond donors (Lipinski definition) is 0. The molecule has 2 heterocycles. The third-order valence-electron chi connectivity index (χ3n) is 3.62. The molecule has 0 spiro atoms. The van der Waals surface area contributed by atoms with Gasteiger partial charge in [0.15, 0.2) is 0 Å². The number of aliphatic imine (C=N–C) groups is 1. The van der Waals surface area contributed by atoms with E-state index >= 15 is 0 Å². The van der Waals surface area contributed by atoms with Gasteiger partial charge in [0, 0.05) is 19.2 Å². The van der Waals surface area contributed by atoms with Gasteiger partial charge in [-0.3, -0.25) is 0 Å². The molecule has 1 unspecified atom stereocenters. The lowest BCUT2D eigenvalue weighted by molar-refractivity contribution is 0.00658. The molecule has 1 atom stereocenters. The van der Waals surface area contributed by atoms with Crippen LogP contribution in [0.1, 0.15) is 11.1 Å². The number of halogens is 1. The van der Waals surface area contributed by atoms with E-state index in [2.05, 4.69) is 28.6 Å². The van der Waals surface area contributed by atoms with Crippen LogP contribution in [-0.4, -0.2) is 36.7 Å². The molecule has 0 saturated heterocycles. The van der Waals surface area contributed by atoms with E-state index in [-0.39, 0.29) is 6.35 Å². The fraction of sp³-hybridized carbons (Fsp3) is 0.312. The molecule has 0 fully saturated rings. The van der Waals surface area contributed by atoms with E-state index in [1.165, 1.54) is 5.56 Å². The number of hydrogen-bond acceptors (Lipinski definition) is 4. The Bertz CT molecular complexity index is 625. The lowest BCUT2D eigenvalue weighted by Crippen LogP contribution is -2.40. The van der Waals surface area contributed by atoms with Gasteiger partial charge in [-0.05, 0) is 36.3 Å². The van der Waals surface area contributed by atoms with Crippen molar-refractivity contribution in [2.75, 3.05) is 20.3 Å². The van der Waals surface area contributed by atoms with Gasteiger partial charge in [-0.25, -0.2) is 4.99 Å². The van der Waals surface area contributed by atoms with Crippen molar-refractivity contribution in [2.45, 2.75) is 12.8 Å². The van der Waals surface area contributed by atoms with E-state index in [1.54, 1.807) is 13.2 Å². The molecule has 0 aliphatic carbocycles. The van der Waals surface area contributed by atoms with Crippen molar-refractivity contribution in [3.63, 3.8) is 0 Å². The van der Waals surface area contributed by atoms with E-state index < -0.39 is 0 Å². The summed E-state index contributed by atoms with van der Waals surface area (Å²) >= 11 is 6.11. The van der Waals surface area contributed by atoms with Gasteiger partial charge >= 0.3 is 0 Å². The quantitative estimate of drug-likeness (QED) is 0.802. The molecule has 0 N–H and O–H groups in total. The third kappa shape index (κ3) is 2.69. The fourth-order valence-electron chi connectivity index (χ4n) is 2.68. The monoisotopic (exact) mass is 304 g/mol. The van der Waals surface area contributed by atoms with Gasteiger partial charge in [0.2, 0.25) is 6.35 Å². The molecule has 4 nitrogen and oxygen atoms in total. The lowest BCUT2D eigenvalue weighted by atomic mass is 9.95. The van der Waals surface area contributed by atoms with Gasteiger partial charge in [-0.1, -0.05) is 24.3 Å². The number of benzene rings is 1. The van der Waals surface area contributed by atoms with Gasteiger partial charge in [-0.15, -0.1) is 0 Å². The minimum absolute atomic E-state index is 0.345. The molecule has 3 rings (SSSR count). The smallest absolute Gasteiger partial charge is 0.229 e. The maximum Gasteiger partial charge on any atom is 0.229 e. The molecule has 5 heteroatoms. The molecular weight excluding hydrogens is 288 g/mol. The Balaban J connectivity index is 1.95. The van der Waals surface area contributed by atoms with Crippen LogP contribution >= 0.6 is 11.6 Å². The number of rotatable bonds is 4. The molecule has 1 aromatic rings. The van der Waals surface area contributed by atoms with Crippen molar-refractivity contribution in [3.05, 3.63) is 48.1 Å². The fourth-order valence-corrected chi connectivity index (χ4v) is 2.87. The first-order chi connectivity index (χ1) is 10.2. The predicted octanol–water partition coefficient (Wildman–Crippen LogP) is 3.03. The highest BCUT2D eigenvalue weighted by Crippen LogP contribution is 2.35. The molecule has 1 aromatic carbocycles. The summed E-state index contributed by atoms with van der Waals surface area (Å²) in [6.45, 7) is 5.02. The van der Waals surface area contributed by atoms with E-state index in [4.69, 9.17) is 21.1 Å². The summed E-state index contributed by atoms with van der Waals surface area (Å²) in [5.74, 6) is 0.863. The van der Waals surface area contributed by atoms with Gasteiger partial charge < -0.3 is 14.4 Å². The standard InChI is InChI=1S/C16H17ClN2O2/c1-3-8-21-12-4-5-13-11(9-12)6-7-19-14(13)10-15(17)18-16(19)20-2/h3-5,9-10,16H,1,6-8H2,2H3. The molecule has 21 heavy (non-hydrogen) atoms. The maximum atomic E-state index is 6.11. The number of allylic oxidation sites excluding steroid dienone is 1. The average Bonchev–Trinajstić information content (AvgIpc) is 2.51. The minimum Gasteiger partial charge on any atom is -0.490 e. The normalized spacial score (nSPS) is 20.1. The zero-order chi connectivity index (χ0) is 14.8. The van der Waals surface area contributed by atoms with Crippen molar-refractivity contribution in [3.8, 4) is 5.75 Å². The Hall–Kier alpha value is -1.78. The van der Waals surface area contributed by atoms with Crippen LogP contribution in [0.3, 0.4) is 0 Å². The van der Waals surface area contributed by atoms with E-state index in [1.807, 2.05) is 12.1 Å². The lowest BCUT2D eigenvalue weighted by Gasteiger charge is -2.38. The highest BCUT2D eigenvalue weighted by atomic mass is 35.5. The van der Waals surface area contributed by atoms with Crippen LogP contribution in [0.4, 0.5) is 0 Å². The Morgan fingerprint density at radius 3 is 3.14 bits per heavy atom. The number of nitrogens with zero attached hydrogens (tertiary/aromatic N) is 2. The highest BCUT2D eigenvalue weighted by molar-refractivity contribution is 6.69. The summed E-state index contributed by atoms with van der Waals surface area (Å²) in [5.41, 5.74) is 3.46. The van der Waals surface area contributed by atoms with Crippen molar-refractivity contribution < 1.29 is 9.47 Å². The molecule has 2 aliphatic rings. The summed E-state index contributed by atoms with van der Waals surface area (Å²) in [4.78, 5) is 6.41. The second-order valence-electron chi connectivity index (χ2n) is 4.91. The Morgan fingerprint density at radius 1 is 1.52 bits per heavy atom. The van der Waals surface area contributed by atoms with Crippen LogP contribution in [0.15, 0.2) is 41.9 Å². The van der Waals surface area contributed by atoms with Gasteiger partial charge in [-0.2, -0.15) is 0 Å². The third-order valence-corrected chi connectivity index (χ3v) is 3.83. The first kappa shape index (κ1) is 14.2. The molecule has 0 aromatic heterocycles. The van der Waals surface area contributed by atoms with Crippen LogP contribution < -0.4 is 4.74 Å². The first-order valence-corrected chi connectivity index (χ1v) is 7.22. The maximum absolute atomic E-state index is 6.11. The summed E-state index contributed by atoms with van der Waals surface area (Å²) in [6, 6.07) is 6.11. The van der Waals surface area contributed by atoms with Gasteiger partial charge in [0.1, 0.15) is 17.5 Å². The summed E-state index contributed by atoms with van der Waals surface area (Å²) in [7, 11) is 1.64. The topological polar surface area (TPSA) is 34.1 Å². The van der Waals surface area contributed by atoms with Crippen LogP contribution in [0.5, 0.6) is 5.75 Å². The Kier molecular flexibility index (Phi) is 3.99. The van der Waals surface area contributed by atoms with E-state index in [0.717, 1.165) is 30.0 Å². The minimum atomic E-state index is -0.345. The summed E-state index contributed by atoms with van der Waals surface area (Å²) in [5, 5.41) is 0.466. The van der Waals surface area contributed by atoms with Crippen LogP contribution in [0.2, 0.25) is 0 Å². The molecule has 2 aliphatic heterocycles. The molecule has 0 radical (unpaired) electrons. The summed E-state index contributed by atoms with van der Waals surface area (Å²) in [6.07, 6.45) is 4.21. The average molecular weight is 305 g/mol. The molecule has 0 saturated carbocycles.